The van der Waals surface area contributed by atoms with E-state index in [9.17, 15) is 14.4 Å². The Morgan fingerprint density at radius 1 is 0.639 bits per heavy atom. The molecule has 36 heavy (non-hydrogen) atoms. The first-order valence-corrected chi connectivity index (χ1v) is 11.3. The molecule has 6 heteroatoms. The molecule has 0 fully saturated rings. The summed E-state index contributed by atoms with van der Waals surface area (Å²) in [5.74, 6) is 2.50. The Balaban J connectivity index is 1.28. The summed E-state index contributed by atoms with van der Waals surface area (Å²) in [5, 5.41) is 0. The SMILES string of the molecule is CN=C1CC(=O)c2ccc(Oc3ccc(-c4ccc(Oc5ccc(C=O)c(C=O)c5)cc4)cc3)cc21. The Kier molecular flexibility index (Phi) is 6.24. The van der Waals surface area contributed by atoms with Gasteiger partial charge in [-0.15, -0.1) is 0 Å². The molecule has 0 heterocycles. The van der Waals surface area contributed by atoms with Gasteiger partial charge in [0.15, 0.2) is 18.4 Å². The number of hydrogen-bond acceptors (Lipinski definition) is 6. The van der Waals surface area contributed by atoms with Crippen LogP contribution < -0.4 is 9.47 Å². The molecule has 176 valence electrons. The van der Waals surface area contributed by atoms with Gasteiger partial charge < -0.3 is 9.47 Å². The highest BCUT2D eigenvalue weighted by Gasteiger charge is 2.25. The van der Waals surface area contributed by atoms with Crippen molar-refractivity contribution in [1.82, 2.24) is 0 Å². The second-order valence-electron chi connectivity index (χ2n) is 8.26. The van der Waals surface area contributed by atoms with Crippen LogP contribution in [0.3, 0.4) is 0 Å². The van der Waals surface area contributed by atoms with Gasteiger partial charge in [-0.3, -0.25) is 19.4 Å². The van der Waals surface area contributed by atoms with E-state index in [2.05, 4.69) is 4.99 Å². The van der Waals surface area contributed by atoms with Crippen molar-refractivity contribution in [3.8, 4) is 34.1 Å². The van der Waals surface area contributed by atoms with E-state index in [1.165, 1.54) is 6.07 Å². The van der Waals surface area contributed by atoms with E-state index in [0.717, 1.165) is 22.4 Å². The largest absolute Gasteiger partial charge is 0.457 e. The number of fused-ring (bicyclic) bond motifs is 1. The molecule has 0 unspecified atom stereocenters. The van der Waals surface area contributed by atoms with Crippen LogP contribution in [0.1, 0.15) is 43.1 Å². The fraction of sp³-hybridized carbons (Fsp3) is 0.0667. The van der Waals surface area contributed by atoms with Crippen molar-refractivity contribution in [2.45, 2.75) is 6.42 Å². The lowest BCUT2D eigenvalue weighted by atomic mass is 10.1. The van der Waals surface area contributed by atoms with Crippen molar-refractivity contribution in [3.63, 3.8) is 0 Å². The fourth-order valence-corrected chi connectivity index (χ4v) is 4.14. The maximum absolute atomic E-state index is 12.1. The van der Waals surface area contributed by atoms with Gasteiger partial charge in [0.25, 0.3) is 0 Å². The Bertz CT molecular complexity index is 1500. The Hall–Kier alpha value is -4.84. The van der Waals surface area contributed by atoms with Gasteiger partial charge in [0.2, 0.25) is 0 Å². The molecule has 0 radical (unpaired) electrons. The number of aldehydes is 2. The maximum atomic E-state index is 12.1. The summed E-state index contributed by atoms with van der Waals surface area (Å²) in [6.45, 7) is 0. The monoisotopic (exact) mass is 475 g/mol. The summed E-state index contributed by atoms with van der Waals surface area (Å²) in [7, 11) is 1.69. The van der Waals surface area contributed by atoms with E-state index in [1.807, 2.05) is 54.6 Å². The number of carbonyl (C=O) groups is 3. The fourth-order valence-electron chi connectivity index (χ4n) is 4.14. The maximum Gasteiger partial charge on any atom is 0.169 e. The van der Waals surface area contributed by atoms with Crippen LogP contribution in [0.25, 0.3) is 11.1 Å². The highest BCUT2D eigenvalue weighted by Crippen LogP contribution is 2.31. The molecule has 0 atom stereocenters. The molecule has 0 saturated carbocycles. The van der Waals surface area contributed by atoms with Crippen LogP contribution in [-0.4, -0.2) is 31.1 Å². The van der Waals surface area contributed by atoms with Gasteiger partial charge in [0.05, 0.1) is 12.1 Å². The first-order valence-electron chi connectivity index (χ1n) is 11.3. The third-order valence-electron chi connectivity index (χ3n) is 6.03. The Morgan fingerprint density at radius 3 is 1.72 bits per heavy atom. The molecule has 0 bridgehead atoms. The third-order valence-corrected chi connectivity index (χ3v) is 6.03. The summed E-state index contributed by atoms with van der Waals surface area (Å²) in [6.07, 6.45) is 1.61. The summed E-state index contributed by atoms with van der Waals surface area (Å²) in [5.41, 5.74) is 4.92. The van der Waals surface area contributed by atoms with Crippen molar-refractivity contribution in [3.05, 3.63) is 107 Å². The lowest BCUT2D eigenvalue weighted by Crippen LogP contribution is -1.95. The molecule has 0 saturated heterocycles. The summed E-state index contributed by atoms with van der Waals surface area (Å²) >= 11 is 0. The number of hydrogen-bond donors (Lipinski definition) is 0. The van der Waals surface area contributed by atoms with Gasteiger partial charge in [-0.2, -0.15) is 0 Å². The number of benzene rings is 4. The number of ketones is 1. The molecule has 6 nitrogen and oxygen atoms in total. The Labute approximate surface area is 207 Å². The number of rotatable bonds is 7. The van der Waals surface area contributed by atoms with Crippen LogP contribution in [0.4, 0.5) is 0 Å². The Morgan fingerprint density at radius 2 is 1.17 bits per heavy atom. The van der Waals surface area contributed by atoms with Gasteiger partial charge in [0, 0.05) is 29.3 Å². The average molecular weight is 476 g/mol. The van der Waals surface area contributed by atoms with Gasteiger partial charge in [-0.1, -0.05) is 24.3 Å². The highest BCUT2D eigenvalue weighted by atomic mass is 16.5. The van der Waals surface area contributed by atoms with E-state index in [0.29, 0.717) is 53.1 Å². The number of ether oxygens (including phenoxy) is 2. The highest BCUT2D eigenvalue weighted by molar-refractivity contribution is 6.26. The smallest absolute Gasteiger partial charge is 0.169 e. The van der Waals surface area contributed by atoms with Crippen LogP contribution in [-0.2, 0) is 0 Å². The van der Waals surface area contributed by atoms with Crippen molar-refractivity contribution >= 4 is 24.1 Å². The van der Waals surface area contributed by atoms with E-state index in [-0.39, 0.29) is 11.3 Å². The minimum absolute atomic E-state index is 0.0828. The van der Waals surface area contributed by atoms with Crippen LogP contribution in [0.2, 0.25) is 0 Å². The average Bonchev–Trinajstić information content (AvgIpc) is 3.24. The number of aliphatic imine (C=N–C) groups is 1. The van der Waals surface area contributed by atoms with Crippen molar-refractivity contribution in [2.24, 2.45) is 4.99 Å². The lowest BCUT2D eigenvalue weighted by molar-refractivity contribution is 0.100. The first kappa shape index (κ1) is 22.9. The van der Waals surface area contributed by atoms with E-state index < -0.39 is 0 Å². The predicted octanol–water partition coefficient (Wildman–Crippen LogP) is 6.57. The van der Waals surface area contributed by atoms with Gasteiger partial charge >= 0.3 is 0 Å². The standard InChI is InChI=1S/C30H21NO5/c1-31-29-16-30(34)27-13-12-26(15-28(27)29)36-24-9-4-20(5-10-24)19-2-7-23(8-3-19)35-25-11-6-21(17-32)22(14-25)18-33/h2-15,17-18H,16H2,1H3. The van der Waals surface area contributed by atoms with Crippen molar-refractivity contribution in [1.29, 1.82) is 0 Å². The second kappa shape index (κ2) is 9.80. The van der Waals surface area contributed by atoms with Crippen LogP contribution in [0.5, 0.6) is 23.0 Å². The second-order valence-corrected chi connectivity index (χ2v) is 8.26. The van der Waals surface area contributed by atoms with Crippen LogP contribution in [0.15, 0.2) is 89.9 Å². The quantitative estimate of drug-likeness (QED) is 0.282. The minimum atomic E-state index is 0.0828. The molecule has 5 rings (SSSR count). The molecule has 4 aromatic carbocycles. The normalized spacial score (nSPS) is 13.4. The molecule has 1 aliphatic carbocycles. The zero-order chi connectivity index (χ0) is 25.1. The molecular weight excluding hydrogens is 454 g/mol. The molecule has 0 aliphatic heterocycles. The minimum Gasteiger partial charge on any atom is -0.457 e. The molecule has 0 spiro atoms. The first-order chi connectivity index (χ1) is 17.6. The van der Waals surface area contributed by atoms with E-state index >= 15 is 0 Å². The molecule has 0 aromatic heterocycles. The van der Waals surface area contributed by atoms with Crippen LogP contribution >= 0.6 is 0 Å². The molecule has 0 amide bonds. The molecule has 4 aromatic rings. The summed E-state index contributed by atoms with van der Waals surface area (Å²) in [6, 6.07) is 25.5. The third kappa shape index (κ3) is 4.57. The van der Waals surface area contributed by atoms with Crippen LogP contribution in [0, 0.1) is 0 Å². The van der Waals surface area contributed by atoms with Gasteiger partial charge in [-0.05, 0) is 71.8 Å². The van der Waals surface area contributed by atoms with Crippen molar-refractivity contribution in [2.75, 3.05) is 7.05 Å². The zero-order valence-electron chi connectivity index (χ0n) is 19.4. The van der Waals surface area contributed by atoms with E-state index in [1.54, 1.807) is 31.3 Å². The number of carbonyl (C=O) groups excluding carboxylic acids is 3. The molecule has 1 aliphatic rings. The predicted molar refractivity (Wildman–Crippen MR) is 137 cm³/mol. The summed E-state index contributed by atoms with van der Waals surface area (Å²) in [4.78, 5) is 38.5. The zero-order valence-corrected chi connectivity index (χ0v) is 19.4. The molecular formula is C30H21NO5. The van der Waals surface area contributed by atoms with Crippen molar-refractivity contribution < 1.29 is 23.9 Å². The van der Waals surface area contributed by atoms with Gasteiger partial charge in [-0.25, -0.2) is 0 Å². The lowest BCUT2D eigenvalue weighted by Gasteiger charge is -2.10. The number of Topliss-reactive ketones (excluding diaryl/α,β-unsaturated/α-hetero) is 1. The summed E-state index contributed by atoms with van der Waals surface area (Å²) < 4.78 is 11.8. The molecule has 0 N–H and O–H groups in total. The number of nitrogens with zero attached hydrogens (tertiary/aromatic N) is 1. The van der Waals surface area contributed by atoms with Gasteiger partial charge in [0.1, 0.15) is 23.0 Å². The van der Waals surface area contributed by atoms with E-state index in [4.69, 9.17) is 9.47 Å². The topological polar surface area (TPSA) is 82.0 Å².